The standard InChI is InChI=1S/C21H21Cl2N5/c1-3-12(4-2)20-19(21-25-27-28-26-21)18(13-6-5-7-14(22)10-13)16-11-15(23)8-9-17(16)24-20/h5-12,21H,3-4H2,1-2H3,(H,25,28)(H,26,27). The average Bonchev–Trinajstić information content (AvgIpc) is 3.22. The number of hydrazine groups is 1. The number of benzene rings is 2. The second kappa shape index (κ2) is 8.03. The zero-order chi connectivity index (χ0) is 19.7. The number of rotatable bonds is 5. The lowest BCUT2D eigenvalue weighted by molar-refractivity contribution is 0.534. The van der Waals surface area contributed by atoms with Gasteiger partial charge in [0, 0.05) is 26.9 Å². The van der Waals surface area contributed by atoms with Crippen LogP contribution in [0.1, 0.15) is 50.0 Å². The number of nitrogens with zero attached hydrogens (tertiary/aromatic N) is 3. The third kappa shape index (κ3) is 3.46. The van der Waals surface area contributed by atoms with E-state index in [1.807, 2.05) is 36.4 Å². The number of pyridine rings is 1. The van der Waals surface area contributed by atoms with Crippen molar-refractivity contribution < 1.29 is 0 Å². The molecule has 1 aliphatic rings. The van der Waals surface area contributed by atoms with E-state index >= 15 is 0 Å². The molecule has 1 aromatic heterocycles. The van der Waals surface area contributed by atoms with E-state index in [2.05, 4.69) is 41.2 Å². The molecule has 0 bridgehead atoms. The lowest BCUT2D eigenvalue weighted by atomic mass is 9.86. The summed E-state index contributed by atoms with van der Waals surface area (Å²) < 4.78 is 0. The molecule has 2 aromatic carbocycles. The van der Waals surface area contributed by atoms with E-state index in [1.165, 1.54) is 0 Å². The van der Waals surface area contributed by atoms with Gasteiger partial charge in [-0.1, -0.05) is 54.4 Å². The molecule has 1 aliphatic heterocycles. The first-order chi connectivity index (χ1) is 13.6. The van der Waals surface area contributed by atoms with Gasteiger partial charge in [-0.3, -0.25) is 4.98 Å². The fourth-order valence-electron chi connectivity index (χ4n) is 3.82. The summed E-state index contributed by atoms with van der Waals surface area (Å²) in [6.45, 7) is 4.37. The predicted octanol–water partition coefficient (Wildman–Crippen LogP) is 6.59. The monoisotopic (exact) mass is 413 g/mol. The van der Waals surface area contributed by atoms with Crippen LogP contribution in [0.4, 0.5) is 0 Å². The molecule has 0 saturated carbocycles. The summed E-state index contributed by atoms with van der Waals surface area (Å²) in [4.78, 5) is 5.05. The van der Waals surface area contributed by atoms with E-state index in [1.54, 1.807) is 0 Å². The summed E-state index contributed by atoms with van der Waals surface area (Å²) in [7, 11) is 0. The van der Waals surface area contributed by atoms with Crippen molar-refractivity contribution in [1.82, 2.24) is 15.9 Å². The lowest BCUT2D eigenvalue weighted by Crippen LogP contribution is -2.26. The lowest BCUT2D eigenvalue weighted by Gasteiger charge is -2.24. The highest BCUT2D eigenvalue weighted by molar-refractivity contribution is 6.32. The Bertz CT molecular complexity index is 1050. The number of fused-ring (bicyclic) bond motifs is 1. The molecule has 1 unspecified atom stereocenters. The van der Waals surface area contributed by atoms with Crippen molar-refractivity contribution in [1.29, 1.82) is 0 Å². The summed E-state index contributed by atoms with van der Waals surface area (Å²) in [6.07, 6.45) is 1.64. The fourth-order valence-corrected chi connectivity index (χ4v) is 4.19. The van der Waals surface area contributed by atoms with Crippen molar-refractivity contribution in [3.05, 3.63) is 63.8 Å². The molecule has 28 heavy (non-hydrogen) atoms. The molecule has 1 atom stereocenters. The molecule has 0 aliphatic carbocycles. The summed E-state index contributed by atoms with van der Waals surface area (Å²) in [5, 5.41) is 10.6. The Morgan fingerprint density at radius 1 is 1.04 bits per heavy atom. The normalized spacial score (nSPS) is 16.1. The van der Waals surface area contributed by atoms with Crippen LogP contribution in [0.2, 0.25) is 10.0 Å². The largest absolute Gasteiger partial charge is 0.252 e. The van der Waals surface area contributed by atoms with Crippen molar-refractivity contribution in [2.45, 2.75) is 38.8 Å². The van der Waals surface area contributed by atoms with E-state index < -0.39 is 0 Å². The minimum Gasteiger partial charge on any atom is -0.252 e. The van der Waals surface area contributed by atoms with Crippen LogP contribution >= 0.6 is 23.2 Å². The first-order valence-corrected chi connectivity index (χ1v) is 10.2. The zero-order valence-corrected chi connectivity index (χ0v) is 17.2. The van der Waals surface area contributed by atoms with Crippen molar-refractivity contribution in [2.24, 2.45) is 10.3 Å². The SMILES string of the molecule is CCC(CC)c1nc2ccc(Cl)cc2c(-c2cccc(Cl)c2)c1C1N=NNN1. The quantitative estimate of drug-likeness (QED) is 0.495. The maximum Gasteiger partial charge on any atom is 0.168 e. The molecular weight excluding hydrogens is 393 g/mol. The number of aromatic nitrogens is 1. The molecule has 2 N–H and O–H groups in total. The van der Waals surface area contributed by atoms with Gasteiger partial charge in [-0.25, -0.2) is 5.53 Å². The Balaban J connectivity index is 2.13. The highest BCUT2D eigenvalue weighted by atomic mass is 35.5. The van der Waals surface area contributed by atoms with E-state index in [0.717, 1.165) is 46.1 Å². The van der Waals surface area contributed by atoms with E-state index in [-0.39, 0.29) is 6.17 Å². The predicted molar refractivity (Wildman–Crippen MR) is 114 cm³/mol. The maximum absolute atomic E-state index is 6.35. The van der Waals surface area contributed by atoms with Crippen LogP contribution in [0.5, 0.6) is 0 Å². The molecule has 3 aromatic rings. The van der Waals surface area contributed by atoms with Gasteiger partial charge in [0.25, 0.3) is 0 Å². The van der Waals surface area contributed by atoms with Crippen molar-refractivity contribution in [2.75, 3.05) is 0 Å². The van der Waals surface area contributed by atoms with Crippen LogP contribution in [-0.2, 0) is 0 Å². The topological polar surface area (TPSA) is 61.7 Å². The summed E-state index contributed by atoms with van der Waals surface area (Å²) in [5.74, 6) is 0.311. The van der Waals surface area contributed by atoms with E-state index in [9.17, 15) is 0 Å². The Labute approximate surface area is 174 Å². The van der Waals surface area contributed by atoms with E-state index in [4.69, 9.17) is 28.2 Å². The molecule has 0 fully saturated rings. The number of hydrogen-bond acceptors (Lipinski definition) is 5. The van der Waals surface area contributed by atoms with E-state index in [0.29, 0.717) is 16.0 Å². The first-order valence-electron chi connectivity index (χ1n) is 9.41. The second-order valence-electron chi connectivity index (χ2n) is 6.85. The highest BCUT2D eigenvalue weighted by Crippen LogP contribution is 2.42. The molecule has 0 saturated heterocycles. The molecule has 5 nitrogen and oxygen atoms in total. The van der Waals surface area contributed by atoms with Crippen molar-refractivity contribution in [3.63, 3.8) is 0 Å². The molecule has 2 heterocycles. The molecule has 144 valence electrons. The molecular formula is C21H21Cl2N5. The third-order valence-electron chi connectivity index (χ3n) is 5.20. The summed E-state index contributed by atoms with van der Waals surface area (Å²) in [5.41, 5.74) is 10.9. The molecule has 0 spiro atoms. The van der Waals surface area contributed by atoms with Gasteiger partial charge >= 0.3 is 0 Å². The number of halogens is 2. The van der Waals surface area contributed by atoms with Gasteiger partial charge in [-0.15, -0.1) is 5.11 Å². The molecule has 0 radical (unpaired) electrons. The van der Waals surface area contributed by atoms with Gasteiger partial charge in [0.05, 0.1) is 11.2 Å². The van der Waals surface area contributed by atoms with Gasteiger partial charge < -0.3 is 0 Å². The minimum absolute atomic E-state index is 0.311. The van der Waals surface area contributed by atoms with Crippen LogP contribution in [0.3, 0.4) is 0 Å². The first kappa shape index (κ1) is 19.1. The Kier molecular flexibility index (Phi) is 5.49. The minimum atomic E-state index is -0.333. The summed E-state index contributed by atoms with van der Waals surface area (Å²) >= 11 is 12.7. The third-order valence-corrected chi connectivity index (χ3v) is 5.67. The van der Waals surface area contributed by atoms with Crippen molar-refractivity contribution >= 4 is 34.1 Å². The Morgan fingerprint density at radius 2 is 1.82 bits per heavy atom. The number of hydrogen-bond donors (Lipinski definition) is 2. The molecule has 7 heteroatoms. The Morgan fingerprint density at radius 3 is 2.50 bits per heavy atom. The van der Waals surface area contributed by atoms with Gasteiger partial charge in [-0.05, 0) is 54.3 Å². The van der Waals surface area contributed by atoms with Gasteiger partial charge in [0.2, 0.25) is 0 Å². The van der Waals surface area contributed by atoms with Crippen LogP contribution in [0, 0.1) is 0 Å². The van der Waals surface area contributed by atoms with Crippen LogP contribution in [0.25, 0.3) is 22.0 Å². The smallest absolute Gasteiger partial charge is 0.168 e. The molecule has 4 rings (SSSR count). The highest BCUT2D eigenvalue weighted by Gasteiger charge is 2.28. The van der Waals surface area contributed by atoms with Gasteiger partial charge in [0.1, 0.15) is 0 Å². The van der Waals surface area contributed by atoms with Crippen LogP contribution in [0.15, 0.2) is 52.8 Å². The number of nitrogens with one attached hydrogen (secondary N) is 2. The fraction of sp³-hybridized carbons (Fsp3) is 0.286. The van der Waals surface area contributed by atoms with Gasteiger partial charge in [0.15, 0.2) is 6.17 Å². The molecule has 0 amide bonds. The van der Waals surface area contributed by atoms with Crippen molar-refractivity contribution in [3.8, 4) is 11.1 Å². The zero-order valence-electron chi connectivity index (χ0n) is 15.7. The van der Waals surface area contributed by atoms with Crippen LogP contribution < -0.4 is 11.0 Å². The van der Waals surface area contributed by atoms with Crippen LogP contribution in [-0.4, -0.2) is 4.98 Å². The average molecular weight is 414 g/mol. The maximum atomic E-state index is 6.35. The Hall–Kier alpha value is -2.21. The summed E-state index contributed by atoms with van der Waals surface area (Å²) in [6, 6.07) is 13.7. The van der Waals surface area contributed by atoms with Gasteiger partial charge in [-0.2, -0.15) is 5.43 Å². The second-order valence-corrected chi connectivity index (χ2v) is 7.72.